The van der Waals surface area contributed by atoms with Gasteiger partial charge in [0.05, 0.1) is 18.7 Å². The van der Waals surface area contributed by atoms with Crippen molar-refractivity contribution >= 4 is 28.9 Å². The summed E-state index contributed by atoms with van der Waals surface area (Å²) in [4.78, 5) is 31.8. The number of carbonyl (C=O) groups is 2. The molecular weight excluding hydrogens is 392 g/mol. The number of carbonyl (C=O) groups excluding carboxylic acids is 2. The molecule has 0 radical (unpaired) electrons. The minimum atomic E-state index is -0.393. The van der Waals surface area contributed by atoms with Crippen LogP contribution in [0.1, 0.15) is 12.0 Å². The number of ether oxygens (including phenoxy) is 1. The smallest absolute Gasteiger partial charge is 0.229 e. The van der Waals surface area contributed by atoms with E-state index in [9.17, 15) is 9.59 Å². The Hall–Kier alpha value is -3.06. The van der Waals surface area contributed by atoms with Gasteiger partial charge in [-0.1, -0.05) is 6.07 Å². The van der Waals surface area contributed by atoms with Crippen LogP contribution < -0.4 is 19.9 Å². The van der Waals surface area contributed by atoms with Gasteiger partial charge in [0.1, 0.15) is 5.75 Å². The first-order valence-corrected chi connectivity index (χ1v) is 10.7. The first kappa shape index (κ1) is 21.2. The molecule has 2 aromatic rings. The molecule has 0 aliphatic carbocycles. The Kier molecular flexibility index (Phi) is 6.13. The van der Waals surface area contributed by atoms with Gasteiger partial charge in [-0.3, -0.25) is 9.59 Å². The van der Waals surface area contributed by atoms with E-state index in [1.807, 2.05) is 49.4 Å². The van der Waals surface area contributed by atoms with Crippen LogP contribution in [0, 0.1) is 12.8 Å². The zero-order valence-corrected chi connectivity index (χ0v) is 18.4. The molecule has 0 saturated carbocycles. The molecule has 164 valence electrons. The van der Waals surface area contributed by atoms with Crippen molar-refractivity contribution in [3.8, 4) is 5.75 Å². The molecule has 7 nitrogen and oxygen atoms in total. The lowest BCUT2D eigenvalue weighted by Gasteiger charge is -2.34. The summed E-state index contributed by atoms with van der Waals surface area (Å²) in [5, 5.41) is 2.98. The highest BCUT2D eigenvalue weighted by Crippen LogP contribution is 2.34. The molecule has 2 fully saturated rings. The predicted octanol–water partition coefficient (Wildman–Crippen LogP) is 2.75. The second-order valence-electron chi connectivity index (χ2n) is 8.41. The molecule has 4 rings (SSSR count). The van der Waals surface area contributed by atoms with Gasteiger partial charge in [0, 0.05) is 50.5 Å². The molecule has 2 aliphatic heterocycles. The number of nitrogens with one attached hydrogen (secondary N) is 1. The van der Waals surface area contributed by atoms with E-state index in [0.717, 1.165) is 43.1 Å². The number of piperazine rings is 1. The molecule has 0 aromatic heterocycles. The first-order valence-electron chi connectivity index (χ1n) is 10.7. The molecule has 2 heterocycles. The Morgan fingerprint density at radius 1 is 1.06 bits per heavy atom. The maximum atomic E-state index is 12.8. The number of benzene rings is 2. The Morgan fingerprint density at radius 2 is 1.77 bits per heavy atom. The fourth-order valence-corrected chi connectivity index (χ4v) is 4.19. The van der Waals surface area contributed by atoms with E-state index in [2.05, 4.69) is 22.2 Å². The SMILES string of the molecule is COc1ccc(C)cc1N1CC(C(=O)Nc2ccc(N3CCN(C)CC3)cc2)CC1=O. The topological polar surface area (TPSA) is 65.1 Å². The van der Waals surface area contributed by atoms with Gasteiger partial charge in [-0.15, -0.1) is 0 Å². The molecule has 0 bridgehead atoms. The van der Waals surface area contributed by atoms with Crippen LogP contribution in [0.2, 0.25) is 0 Å². The number of hydrogen-bond acceptors (Lipinski definition) is 5. The summed E-state index contributed by atoms with van der Waals surface area (Å²) in [7, 11) is 3.73. The summed E-state index contributed by atoms with van der Waals surface area (Å²) in [6.07, 6.45) is 0.197. The molecule has 2 aliphatic rings. The van der Waals surface area contributed by atoms with Crippen LogP contribution in [-0.4, -0.2) is 63.6 Å². The van der Waals surface area contributed by atoms with Crippen molar-refractivity contribution in [1.82, 2.24) is 4.90 Å². The van der Waals surface area contributed by atoms with Crippen molar-refractivity contribution in [2.24, 2.45) is 5.92 Å². The van der Waals surface area contributed by atoms with Crippen LogP contribution in [0.25, 0.3) is 0 Å². The van der Waals surface area contributed by atoms with E-state index in [0.29, 0.717) is 12.3 Å². The molecule has 2 amide bonds. The number of rotatable bonds is 5. The summed E-state index contributed by atoms with van der Waals surface area (Å²) in [5.74, 6) is 0.0545. The van der Waals surface area contributed by atoms with E-state index in [1.54, 1.807) is 12.0 Å². The normalized spacial score (nSPS) is 19.6. The Morgan fingerprint density at radius 3 is 2.45 bits per heavy atom. The highest BCUT2D eigenvalue weighted by Gasteiger charge is 2.36. The van der Waals surface area contributed by atoms with Crippen molar-refractivity contribution in [1.29, 1.82) is 0 Å². The minimum absolute atomic E-state index is 0.0607. The van der Waals surface area contributed by atoms with Gasteiger partial charge in [-0.25, -0.2) is 0 Å². The minimum Gasteiger partial charge on any atom is -0.495 e. The molecule has 31 heavy (non-hydrogen) atoms. The van der Waals surface area contributed by atoms with Crippen molar-refractivity contribution in [2.75, 3.05) is 62.0 Å². The second kappa shape index (κ2) is 8.98. The second-order valence-corrected chi connectivity index (χ2v) is 8.41. The molecule has 2 aromatic carbocycles. The van der Waals surface area contributed by atoms with Gasteiger partial charge < -0.3 is 24.8 Å². The van der Waals surface area contributed by atoms with Crippen molar-refractivity contribution in [3.63, 3.8) is 0 Å². The highest BCUT2D eigenvalue weighted by atomic mass is 16.5. The third-order valence-electron chi connectivity index (χ3n) is 6.12. The average Bonchev–Trinajstić information content (AvgIpc) is 3.16. The maximum absolute atomic E-state index is 12.8. The molecule has 1 unspecified atom stereocenters. The number of methoxy groups -OCH3 is 1. The quantitative estimate of drug-likeness (QED) is 0.803. The van der Waals surface area contributed by atoms with Crippen LogP contribution in [0.3, 0.4) is 0 Å². The van der Waals surface area contributed by atoms with Gasteiger partial charge in [0.15, 0.2) is 0 Å². The van der Waals surface area contributed by atoms with Gasteiger partial charge in [0.2, 0.25) is 11.8 Å². The predicted molar refractivity (Wildman–Crippen MR) is 123 cm³/mol. The molecule has 7 heteroatoms. The Bertz CT molecular complexity index is 952. The lowest BCUT2D eigenvalue weighted by molar-refractivity contribution is -0.122. The fourth-order valence-electron chi connectivity index (χ4n) is 4.19. The maximum Gasteiger partial charge on any atom is 0.229 e. The van der Waals surface area contributed by atoms with Crippen LogP contribution >= 0.6 is 0 Å². The van der Waals surface area contributed by atoms with Crippen LogP contribution in [-0.2, 0) is 9.59 Å². The monoisotopic (exact) mass is 422 g/mol. The van der Waals surface area contributed by atoms with Gasteiger partial charge in [0.25, 0.3) is 0 Å². The average molecular weight is 423 g/mol. The zero-order chi connectivity index (χ0) is 22.0. The van der Waals surface area contributed by atoms with Crippen molar-refractivity contribution < 1.29 is 14.3 Å². The van der Waals surface area contributed by atoms with Gasteiger partial charge in [-0.05, 0) is 55.9 Å². The first-order chi connectivity index (χ1) is 14.9. The van der Waals surface area contributed by atoms with Crippen molar-refractivity contribution in [3.05, 3.63) is 48.0 Å². The molecule has 1 atom stereocenters. The summed E-state index contributed by atoms with van der Waals surface area (Å²) in [6, 6.07) is 13.7. The van der Waals surface area contributed by atoms with E-state index in [4.69, 9.17) is 4.74 Å². The van der Waals surface area contributed by atoms with Gasteiger partial charge in [-0.2, -0.15) is 0 Å². The summed E-state index contributed by atoms with van der Waals surface area (Å²) < 4.78 is 5.42. The number of anilines is 3. The lowest BCUT2D eigenvalue weighted by Crippen LogP contribution is -2.44. The number of amides is 2. The Balaban J connectivity index is 1.39. The van der Waals surface area contributed by atoms with Gasteiger partial charge >= 0.3 is 0 Å². The standard InChI is InChI=1S/C24H30N4O3/c1-17-4-9-22(31-3)21(14-17)28-16-18(15-23(28)29)24(30)25-19-5-7-20(8-6-19)27-12-10-26(2)11-13-27/h4-9,14,18H,10-13,15-16H2,1-3H3,(H,25,30). The number of hydrogen-bond donors (Lipinski definition) is 1. The summed E-state index contributed by atoms with van der Waals surface area (Å²) in [5.41, 5.74) is 3.68. The molecule has 1 N–H and O–H groups in total. The highest BCUT2D eigenvalue weighted by molar-refractivity contribution is 6.04. The number of aryl methyl sites for hydroxylation is 1. The van der Waals surface area contributed by atoms with Crippen molar-refractivity contribution in [2.45, 2.75) is 13.3 Å². The molecule has 2 saturated heterocycles. The Labute approximate surface area is 183 Å². The fraction of sp³-hybridized carbons (Fsp3) is 0.417. The van der Waals surface area contributed by atoms with Crippen LogP contribution in [0.4, 0.5) is 17.1 Å². The van der Waals surface area contributed by atoms with E-state index >= 15 is 0 Å². The number of likely N-dealkylation sites (N-methyl/N-ethyl adjacent to an activating group) is 1. The van der Waals surface area contributed by atoms with Crippen LogP contribution in [0.15, 0.2) is 42.5 Å². The van der Waals surface area contributed by atoms with E-state index in [1.165, 1.54) is 5.69 Å². The largest absolute Gasteiger partial charge is 0.495 e. The molecular formula is C24H30N4O3. The summed E-state index contributed by atoms with van der Waals surface area (Å²) in [6.45, 7) is 6.44. The van der Waals surface area contributed by atoms with E-state index < -0.39 is 5.92 Å². The number of nitrogens with zero attached hydrogens (tertiary/aromatic N) is 3. The third kappa shape index (κ3) is 4.66. The molecule has 0 spiro atoms. The van der Waals surface area contributed by atoms with E-state index in [-0.39, 0.29) is 18.2 Å². The zero-order valence-electron chi connectivity index (χ0n) is 18.4. The van der Waals surface area contributed by atoms with Crippen LogP contribution in [0.5, 0.6) is 5.75 Å². The summed E-state index contributed by atoms with van der Waals surface area (Å²) >= 11 is 0. The third-order valence-corrected chi connectivity index (χ3v) is 6.12. The lowest BCUT2D eigenvalue weighted by atomic mass is 10.1.